The van der Waals surface area contributed by atoms with Gasteiger partial charge in [-0.05, 0) is 89.7 Å². The Morgan fingerprint density at radius 2 is 1.88 bits per heavy atom. The quantitative estimate of drug-likeness (QED) is 0.0731. The van der Waals surface area contributed by atoms with Crippen LogP contribution in [-0.4, -0.2) is 94.2 Å². The van der Waals surface area contributed by atoms with Crippen molar-refractivity contribution in [3.63, 3.8) is 0 Å². The minimum absolute atomic E-state index is 0.0823. The molecule has 0 aliphatic carbocycles. The SMILES string of the molecule is [B][C@H]([C@@H](C)C(=O)[C@@H](C)C(=O)O)[C@@](C)(C[C@@H](C)CN[C@H](C)[C@H]1N(CCCCn2cc(-c3cccc(N)c3)nn2)C(=O)O[C@]1(C)[C@H](C)CC)OC. The topological polar surface area (TPSA) is 162 Å². The fourth-order valence-electron chi connectivity index (χ4n) is 7.16. The number of amides is 1. The third kappa shape index (κ3) is 9.42. The summed E-state index contributed by atoms with van der Waals surface area (Å²) in [6.45, 7) is 17.2. The predicted octanol–water partition coefficient (Wildman–Crippen LogP) is 5.23. The highest BCUT2D eigenvalue weighted by molar-refractivity contribution is 6.15. The highest BCUT2D eigenvalue weighted by atomic mass is 16.6. The largest absolute Gasteiger partial charge is 0.481 e. The summed E-state index contributed by atoms with van der Waals surface area (Å²) in [5.74, 6) is -3.90. The van der Waals surface area contributed by atoms with Crippen molar-refractivity contribution >= 4 is 31.4 Å². The number of benzene rings is 1. The average Bonchev–Trinajstić information content (AvgIpc) is 3.65. The number of aryl methyl sites for hydroxylation is 1. The zero-order chi connectivity index (χ0) is 36.7. The fourth-order valence-corrected chi connectivity index (χ4v) is 7.16. The van der Waals surface area contributed by atoms with Crippen LogP contribution in [0.1, 0.15) is 81.1 Å². The number of hydrogen-bond donors (Lipinski definition) is 3. The summed E-state index contributed by atoms with van der Waals surface area (Å²) in [6, 6.07) is 7.26. The third-order valence-corrected chi connectivity index (χ3v) is 10.8. The highest BCUT2D eigenvalue weighted by Crippen LogP contribution is 2.40. The van der Waals surface area contributed by atoms with E-state index in [1.165, 1.54) is 6.92 Å². The lowest BCUT2D eigenvalue weighted by molar-refractivity contribution is -0.147. The van der Waals surface area contributed by atoms with Crippen LogP contribution in [-0.2, 0) is 25.6 Å². The van der Waals surface area contributed by atoms with E-state index < -0.39 is 40.6 Å². The Balaban J connectivity index is 1.64. The Labute approximate surface area is 293 Å². The lowest BCUT2D eigenvalue weighted by Gasteiger charge is -2.41. The first-order chi connectivity index (χ1) is 23.0. The zero-order valence-electron chi connectivity index (χ0n) is 30.8. The number of unbranched alkanes of at least 4 members (excludes halogenated alkanes) is 1. The maximum absolute atomic E-state index is 13.4. The molecule has 0 unspecified atom stereocenters. The van der Waals surface area contributed by atoms with Crippen molar-refractivity contribution < 1.29 is 29.0 Å². The van der Waals surface area contributed by atoms with E-state index in [4.69, 9.17) is 23.1 Å². The molecule has 1 amide bonds. The zero-order valence-corrected chi connectivity index (χ0v) is 30.8. The van der Waals surface area contributed by atoms with Gasteiger partial charge >= 0.3 is 12.1 Å². The van der Waals surface area contributed by atoms with Crippen LogP contribution < -0.4 is 11.1 Å². The van der Waals surface area contributed by atoms with Crippen LogP contribution >= 0.6 is 0 Å². The van der Waals surface area contributed by atoms with Crippen molar-refractivity contribution in [2.75, 3.05) is 25.9 Å². The first kappa shape index (κ1) is 40.0. The Morgan fingerprint density at radius 3 is 2.49 bits per heavy atom. The van der Waals surface area contributed by atoms with Crippen molar-refractivity contribution in [1.29, 1.82) is 0 Å². The van der Waals surface area contributed by atoms with Gasteiger partial charge in [0.1, 0.15) is 23.0 Å². The van der Waals surface area contributed by atoms with Gasteiger partial charge in [0.25, 0.3) is 0 Å². The number of nitrogens with two attached hydrogens (primary N) is 1. The lowest BCUT2D eigenvalue weighted by Crippen LogP contribution is -2.58. The smallest absolute Gasteiger partial charge is 0.410 e. The molecular formula is C36H57BN6O6. The van der Waals surface area contributed by atoms with E-state index >= 15 is 0 Å². The molecule has 1 aliphatic rings. The van der Waals surface area contributed by atoms with Crippen LogP contribution in [0.2, 0.25) is 5.82 Å². The average molecular weight is 681 g/mol. The normalized spacial score (nSPS) is 22.8. The molecule has 1 aromatic carbocycles. The van der Waals surface area contributed by atoms with Crippen LogP contribution in [0.4, 0.5) is 10.5 Å². The molecule has 1 aliphatic heterocycles. The molecule has 2 heterocycles. The first-order valence-electron chi connectivity index (χ1n) is 17.5. The number of methoxy groups -OCH3 is 1. The Morgan fingerprint density at radius 1 is 1.20 bits per heavy atom. The van der Waals surface area contributed by atoms with E-state index in [0.29, 0.717) is 31.7 Å². The number of carbonyl (C=O) groups excluding carboxylic acids is 2. The summed E-state index contributed by atoms with van der Waals surface area (Å²) in [5, 5.41) is 21.6. The number of nitrogen functional groups attached to an aromatic ring is 1. The number of nitrogens with one attached hydrogen (secondary N) is 1. The minimum Gasteiger partial charge on any atom is -0.481 e. The second-order valence-corrected chi connectivity index (χ2v) is 14.5. The molecule has 13 heteroatoms. The van der Waals surface area contributed by atoms with Crippen molar-refractivity contribution in [2.45, 2.75) is 117 Å². The Hall–Kier alpha value is -3.45. The van der Waals surface area contributed by atoms with Crippen LogP contribution in [0.25, 0.3) is 11.3 Å². The van der Waals surface area contributed by atoms with Crippen molar-refractivity contribution in [3.8, 4) is 11.3 Å². The molecule has 0 spiro atoms. The number of ether oxygens (including phenoxy) is 2. The standard InChI is InChI=1S/C36H57BN6O6/c1-10-23(3)36(8)32(26(6)39-20-22(2)19-35(7,48-9)31(37)24(4)30(44)25(5)33(45)46)43(34(47)49-36)17-12-11-16-42-21-29(40-41-42)27-14-13-15-28(38)18-27/h13-15,18,21-26,31-32,39H,10-12,16-17,19-20,38H2,1-9H3,(H,45,46)/t22-,23-,24+,25-,26-,31-,32-,35-,36-/m1/s1. The number of aliphatic carboxylic acids is 1. The summed E-state index contributed by atoms with van der Waals surface area (Å²) in [5.41, 5.74) is 6.73. The van der Waals surface area contributed by atoms with Gasteiger partial charge in [-0.3, -0.25) is 19.2 Å². The van der Waals surface area contributed by atoms with E-state index in [-0.39, 0.29) is 30.0 Å². The number of ketones is 1. The highest BCUT2D eigenvalue weighted by Gasteiger charge is 2.55. The number of aromatic nitrogens is 3. The molecule has 3 rings (SSSR count). The molecule has 1 saturated heterocycles. The van der Waals surface area contributed by atoms with Gasteiger partial charge in [-0.2, -0.15) is 0 Å². The third-order valence-electron chi connectivity index (χ3n) is 10.8. The van der Waals surface area contributed by atoms with Gasteiger partial charge in [-0.15, -0.1) is 5.10 Å². The summed E-state index contributed by atoms with van der Waals surface area (Å²) < 4.78 is 13.8. The summed E-state index contributed by atoms with van der Waals surface area (Å²) in [6.07, 6.45) is 4.58. The molecule has 270 valence electrons. The van der Waals surface area contributed by atoms with E-state index in [0.717, 1.165) is 30.5 Å². The maximum Gasteiger partial charge on any atom is 0.410 e. The molecular weight excluding hydrogens is 623 g/mol. The minimum atomic E-state index is -1.17. The molecule has 2 aromatic rings. The van der Waals surface area contributed by atoms with Gasteiger partial charge in [0.2, 0.25) is 0 Å². The van der Waals surface area contributed by atoms with Gasteiger partial charge in [-0.1, -0.05) is 45.0 Å². The second kappa shape index (κ2) is 17.0. The molecule has 0 saturated carbocycles. The number of anilines is 1. The number of rotatable bonds is 20. The van der Waals surface area contributed by atoms with Gasteiger partial charge < -0.3 is 25.6 Å². The van der Waals surface area contributed by atoms with E-state index in [2.05, 4.69) is 43.3 Å². The van der Waals surface area contributed by atoms with Gasteiger partial charge in [0.05, 0.1) is 25.7 Å². The maximum atomic E-state index is 13.4. The van der Waals surface area contributed by atoms with Gasteiger partial charge in [-0.25, -0.2) is 4.79 Å². The van der Waals surface area contributed by atoms with Gasteiger partial charge in [0.15, 0.2) is 0 Å². The number of carboxylic acids is 1. The summed E-state index contributed by atoms with van der Waals surface area (Å²) >= 11 is 0. The molecule has 9 atom stereocenters. The molecule has 49 heavy (non-hydrogen) atoms. The van der Waals surface area contributed by atoms with Gasteiger partial charge in [0, 0.05) is 43.4 Å². The predicted molar refractivity (Wildman–Crippen MR) is 191 cm³/mol. The summed E-state index contributed by atoms with van der Waals surface area (Å²) in [7, 11) is 8.13. The number of carboxylic acid groups (broad SMARTS) is 1. The number of cyclic esters (lactones) is 1. The van der Waals surface area contributed by atoms with E-state index in [1.807, 2.05) is 53.9 Å². The molecule has 1 aromatic heterocycles. The number of Topliss-reactive ketones (excluding diaryl/α,β-unsaturated/α-hetero) is 1. The fraction of sp³-hybridized carbons (Fsp3) is 0.694. The first-order valence-corrected chi connectivity index (χ1v) is 17.5. The van der Waals surface area contributed by atoms with E-state index in [9.17, 15) is 19.5 Å². The van der Waals surface area contributed by atoms with Crippen LogP contribution in [0.15, 0.2) is 30.5 Å². The van der Waals surface area contributed by atoms with Crippen molar-refractivity contribution in [2.24, 2.45) is 23.7 Å². The van der Waals surface area contributed by atoms with Crippen molar-refractivity contribution in [1.82, 2.24) is 25.2 Å². The summed E-state index contributed by atoms with van der Waals surface area (Å²) in [4.78, 5) is 39.4. The molecule has 12 nitrogen and oxygen atoms in total. The Kier molecular flexibility index (Phi) is 13.9. The number of carbonyl (C=O) groups is 3. The van der Waals surface area contributed by atoms with Crippen molar-refractivity contribution in [3.05, 3.63) is 30.5 Å². The molecule has 4 N–H and O–H groups in total. The second-order valence-electron chi connectivity index (χ2n) is 14.5. The molecule has 0 bridgehead atoms. The van der Waals surface area contributed by atoms with E-state index in [1.54, 1.807) is 14.0 Å². The van der Waals surface area contributed by atoms with Crippen LogP contribution in [0.5, 0.6) is 0 Å². The number of nitrogens with zero attached hydrogens (tertiary/aromatic N) is 4. The molecule has 2 radical (unpaired) electrons. The van der Waals surface area contributed by atoms with Crippen LogP contribution in [0.3, 0.4) is 0 Å². The Bertz CT molecular complexity index is 1420. The lowest BCUT2D eigenvalue weighted by atomic mass is 9.62. The number of hydrogen-bond acceptors (Lipinski definition) is 9. The van der Waals surface area contributed by atoms with Crippen LogP contribution in [0, 0.1) is 23.7 Å². The monoisotopic (exact) mass is 680 g/mol. The molecule has 1 fully saturated rings.